The number of piperazine rings is 1. The van der Waals surface area contributed by atoms with E-state index in [1.165, 1.54) is 16.4 Å². The number of nitrogens with one attached hydrogen (secondary N) is 1. The van der Waals surface area contributed by atoms with E-state index >= 15 is 0 Å². The second-order valence-electron chi connectivity index (χ2n) is 6.27. The predicted molar refractivity (Wildman–Crippen MR) is 94.8 cm³/mol. The zero-order valence-corrected chi connectivity index (χ0v) is 15.1. The molecular formula is C16H29N5S. The highest BCUT2D eigenvalue weighted by molar-refractivity contribution is 7.11. The fourth-order valence-corrected chi connectivity index (χ4v) is 3.58. The average molecular weight is 324 g/mol. The Bertz CT molecular complexity index is 475. The lowest BCUT2D eigenvalue weighted by Crippen LogP contribution is -2.53. The van der Waals surface area contributed by atoms with Crippen LogP contribution in [-0.4, -0.2) is 67.1 Å². The van der Waals surface area contributed by atoms with Gasteiger partial charge in [-0.2, -0.15) is 0 Å². The van der Waals surface area contributed by atoms with Crippen LogP contribution in [0.3, 0.4) is 0 Å². The summed E-state index contributed by atoms with van der Waals surface area (Å²) in [4.78, 5) is 15.0. The summed E-state index contributed by atoms with van der Waals surface area (Å²) in [6, 6.07) is 0. The van der Waals surface area contributed by atoms with Gasteiger partial charge in [-0.15, -0.1) is 11.3 Å². The molecule has 0 unspecified atom stereocenters. The van der Waals surface area contributed by atoms with Crippen LogP contribution in [0.4, 0.5) is 0 Å². The molecule has 0 aliphatic carbocycles. The molecule has 0 aromatic carbocycles. The van der Waals surface area contributed by atoms with Gasteiger partial charge in [-0.1, -0.05) is 13.8 Å². The number of nitrogens with zero attached hydrogens (tertiary/aromatic N) is 4. The van der Waals surface area contributed by atoms with E-state index in [9.17, 15) is 0 Å². The van der Waals surface area contributed by atoms with Crippen molar-refractivity contribution in [3.8, 4) is 0 Å². The van der Waals surface area contributed by atoms with Crippen LogP contribution in [0.2, 0.25) is 0 Å². The summed E-state index contributed by atoms with van der Waals surface area (Å²) in [5, 5.41) is 4.67. The highest BCUT2D eigenvalue weighted by atomic mass is 32.1. The van der Waals surface area contributed by atoms with Crippen LogP contribution < -0.4 is 5.32 Å². The van der Waals surface area contributed by atoms with E-state index in [1.54, 1.807) is 11.3 Å². The van der Waals surface area contributed by atoms with Crippen molar-refractivity contribution in [1.29, 1.82) is 0 Å². The van der Waals surface area contributed by atoms with E-state index in [4.69, 9.17) is 0 Å². The van der Waals surface area contributed by atoms with Crippen molar-refractivity contribution in [1.82, 2.24) is 20.1 Å². The Balaban J connectivity index is 1.73. The lowest BCUT2D eigenvalue weighted by molar-refractivity contribution is 0.164. The molecule has 1 aromatic rings. The molecule has 0 atom stereocenters. The zero-order chi connectivity index (χ0) is 15.9. The van der Waals surface area contributed by atoms with Gasteiger partial charge in [0, 0.05) is 63.8 Å². The van der Waals surface area contributed by atoms with E-state index in [2.05, 4.69) is 45.9 Å². The summed E-state index contributed by atoms with van der Waals surface area (Å²) in [5.41, 5.74) is 0. The normalized spacial score (nSPS) is 17.3. The summed E-state index contributed by atoms with van der Waals surface area (Å²) in [7, 11) is 1.87. The first-order valence-electron chi connectivity index (χ1n) is 8.17. The first-order chi connectivity index (χ1) is 10.6. The third-order valence-electron chi connectivity index (χ3n) is 3.80. The molecule has 1 fully saturated rings. The molecule has 0 spiro atoms. The number of hydrogen-bond acceptors (Lipinski definition) is 4. The van der Waals surface area contributed by atoms with Crippen molar-refractivity contribution in [2.45, 2.75) is 27.2 Å². The average Bonchev–Trinajstić information content (AvgIpc) is 2.90. The Morgan fingerprint density at radius 1 is 1.36 bits per heavy atom. The van der Waals surface area contributed by atoms with Crippen LogP contribution in [0.15, 0.2) is 11.2 Å². The molecule has 1 aromatic heterocycles. The van der Waals surface area contributed by atoms with Gasteiger partial charge >= 0.3 is 0 Å². The molecular weight excluding hydrogens is 294 g/mol. The number of guanidine groups is 1. The molecule has 6 heteroatoms. The van der Waals surface area contributed by atoms with E-state index in [1.807, 2.05) is 13.2 Å². The van der Waals surface area contributed by atoms with Gasteiger partial charge in [0.2, 0.25) is 0 Å². The van der Waals surface area contributed by atoms with Crippen LogP contribution in [0.25, 0.3) is 0 Å². The van der Waals surface area contributed by atoms with E-state index < -0.39 is 0 Å². The highest BCUT2D eigenvalue weighted by Gasteiger charge is 2.19. The summed E-state index contributed by atoms with van der Waals surface area (Å²) in [5.74, 6) is 1.77. The van der Waals surface area contributed by atoms with E-state index in [0.29, 0.717) is 0 Å². The fourth-order valence-electron chi connectivity index (χ4n) is 2.79. The zero-order valence-electron chi connectivity index (χ0n) is 14.3. The summed E-state index contributed by atoms with van der Waals surface area (Å²) < 4.78 is 0. The van der Waals surface area contributed by atoms with Gasteiger partial charge in [-0.3, -0.25) is 9.89 Å². The van der Waals surface area contributed by atoms with Crippen LogP contribution in [0, 0.1) is 12.8 Å². The first kappa shape index (κ1) is 17.2. The monoisotopic (exact) mass is 323 g/mol. The standard InChI is InChI=1S/C16H29N5S/c1-13(2)12-20-7-9-21(10-8-20)16(17-4)18-6-5-15-19-11-14(3)22-15/h11,13H,5-10,12H2,1-4H3,(H,17,18). The molecule has 1 aliphatic rings. The highest BCUT2D eigenvalue weighted by Crippen LogP contribution is 2.11. The topological polar surface area (TPSA) is 43.8 Å². The summed E-state index contributed by atoms with van der Waals surface area (Å²) in [6.07, 6.45) is 2.91. The Hall–Kier alpha value is -1.14. The third-order valence-corrected chi connectivity index (χ3v) is 4.77. The van der Waals surface area contributed by atoms with Crippen molar-refractivity contribution >= 4 is 17.3 Å². The molecule has 2 heterocycles. The van der Waals surface area contributed by atoms with E-state index in [0.717, 1.165) is 51.0 Å². The Kier molecular flexibility index (Phi) is 6.64. The minimum absolute atomic E-state index is 0.741. The lowest BCUT2D eigenvalue weighted by atomic mass is 10.2. The molecule has 0 amide bonds. The van der Waals surface area contributed by atoms with Gasteiger partial charge in [0.25, 0.3) is 0 Å². The Morgan fingerprint density at radius 2 is 2.09 bits per heavy atom. The molecule has 5 nitrogen and oxygen atoms in total. The SMILES string of the molecule is CN=C(NCCc1ncc(C)s1)N1CCN(CC(C)C)CC1. The van der Waals surface area contributed by atoms with Crippen molar-refractivity contribution in [3.05, 3.63) is 16.1 Å². The molecule has 1 N–H and O–H groups in total. The summed E-state index contributed by atoms with van der Waals surface area (Å²) in [6.45, 7) is 13.1. The maximum Gasteiger partial charge on any atom is 0.193 e. The maximum atomic E-state index is 4.43. The third kappa shape index (κ3) is 5.25. The minimum atomic E-state index is 0.741. The Labute approximate surface area is 138 Å². The summed E-state index contributed by atoms with van der Waals surface area (Å²) >= 11 is 1.78. The maximum absolute atomic E-state index is 4.43. The van der Waals surface area contributed by atoms with Crippen LogP contribution in [-0.2, 0) is 6.42 Å². The first-order valence-corrected chi connectivity index (χ1v) is 8.99. The molecule has 124 valence electrons. The smallest absolute Gasteiger partial charge is 0.193 e. The van der Waals surface area contributed by atoms with Crippen molar-refractivity contribution in [3.63, 3.8) is 0 Å². The molecule has 1 aliphatic heterocycles. The van der Waals surface area contributed by atoms with Gasteiger partial charge in [-0.05, 0) is 12.8 Å². The van der Waals surface area contributed by atoms with Gasteiger partial charge in [0.15, 0.2) is 5.96 Å². The lowest BCUT2D eigenvalue weighted by Gasteiger charge is -2.37. The van der Waals surface area contributed by atoms with Gasteiger partial charge in [0.05, 0.1) is 5.01 Å². The van der Waals surface area contributed by atoms with Crippen molar-refractivity contribution in [2.24, 2.45) is 10.9 Å². The quantitative estimate of drug-likeness (QED) is 0.663. The van der Waals surface area contributed by atoms with Gasteiger partial charge in [0.1, 0.15) is 0 Å². The number of rotatable bonds is 5. The van der Waals surface area contributed by atoms with Crippen molar-refractivity contribution < 1.29 is 0 Å². The fraction of sp³-hybridized carbons (Fsp3) is 0.750. The molecule has 22 heavy (non-hydrogen) atoms. The van der Waals surface area contributed by atoms with E-state index in [-0.39, 0.29) is 0 Å². The molecule has 2 rings (SSSR count). The van der Waals surface area contributed by atoms with Gasteiger partial charge in [-0.25, -0.2) is 4.98 Å². The number of thiazole rings is 1. The number of hydrogen-bond donors (Lipinski definition) is 1. The van der Waals surface area contributed by atoms with Crippen LogP contribution >= 0.6 is 11.3 Å². The van der Waals surface area contributed by atoms with Crippen LogP contribution in [0.5, 0.6) is 0 Å². The largest absolute Gasteiger partial charge is 0.356 e. The van der Waals surface area contributed by atoms with Crippen molar-refractivity contribution in [2.75, 3.05) is 46.3 Å². The number of aliphatic imine (C=N–C) groups is 1. The molecule has 0 radical (unpaired) electrons. The van der Waals surface area contributed by atoms with Crippen LogP contribution in [0.1, 0.15) is 23.7 Å². The number of aromatic nitrogens is 1. The second kappa shape index (κ2) is 8.48. The Morgan fingerprint density at radius 3 is 2.64 bits per heavy atom. The molecule has 0 saturated carbocycles. The minimum Gasteiger partial charge on any atom is -0.356 e. The van der Waals surface area contributed by atoms with Gasteiger partial charge < -0.3 is 10.2 Å². The predicted octanol–water partition coefficient (Wildman–Crippen LogP) is 1.84. The molecule has 1 saturated heterocycles. The molecule has 0 bridgehead atoms. The number of aryl methyl sites for hydroxylation is 1. The second-order valence-corrected chi connectivity index (χ2v) is 7.59.